The van der Waals surface area contributed by atoms with Gasteiger partial charge in [-0.1, -0.05) is 81.6 Å². The van der Waals surface area contributed by atoms with Crippen molar-refractivity contribution >= 4 is 56.0 Å². The van der Waals surface area contributed by atoms with Crippen LogP contribution in [0.3, 0.4) is 0 Å². The van der Waals surface area contributed by atoms with Crippen LogP contribution in [-0.4, -0.2) is 0 Å². The van der Waals surface area contributed by atoms with Crippen LogP contribution in [0.1, 0.15) is 11.1 Å². The predicted molar refractivity (Wildman–Crippen MR) is 79.4 cm³/mol. The van der Waals surface area contributed by atoms with Gasteiger partial charge in [0.1, 0.15) is 0 Å². The summed E-state index contributed by atoms with van der Waals surface area (Å²) in [6.07, 6.45) is 0. The lowest BCUT2D eigenvalue weighted by Crippen LogP contribution is -1.89. The smallest absolute Gasteiger partial charge is 0.0256 e. The lowest BCUT2D eigenvalue weighted by Gasteiger charge is -2.08. The zero-order chi connectivity index (χ0) is 9.97. The Morgan fingerprint density at radius 1 is 0.857 bits per heavy atom. The van der Waals surface area contributed by atoms with Crippen molar-refractivity contribution in [3.63, 3.8) is 0 Å². The fourth-order valence-corrected chi connectivity index (χ4v) is 3.28. The molecule has 2 aromatic carbocycles. The van der Waals surface area contributed by atoms with Crippen LogP contribution < -0.4 is 0 Å². The molecule has 0 radical (unpaired) electrons. The molecule has 0 saturated heterocycles. The highest BCUT2D eigenvalue weighted by Gasteiger charge is 2.04. The van der Waals surface area contributed by atoms with Crippen molar-refractivity contribution in [3.8, 4) is 0 Å². The van der Waals surface area contributed by atoms with Gasteiger partial charge in [-0.15, -0.1) is 0 Å². The van der Waals surface area contributed by atoms with Gasteiger partial charge < -0.3 is 0 Å². The lowest BCUT2D eigenvalue weighted by molar-refractivity contribution is 1.36. The van der Waals surface area contributed by atoms with E-state index in [0.29, 0.717) is 0 Å². The quantitative estimate of drug-likeness (QED) is 0.499. The molecule has 14 heavy (non-hydrogen) atoms. The van der Waals surface area contributed by atoms with E-state index in [2.05, 4.69) is 81.6 Å². The Morgan fingerprint density at radius 3 is 2.36 bits per heavy atom. The Balaban J connectivity index is 2.77. The molecule has 0 atom stereocenters. The van der Waals surface area contributed by atoms with E-state index in [1.807, 2.05) is 0 Å². The predicted octanol–water partition coefficient (Wildman–Crippen LogP) is 4.71. The van der Waals surface area contributed by atoms with Crippen LogP contribution >= 0.6 is 45.2 Å². The van der Waals surface area contributed by atoms with E-state index in [4.69, 9.17) is 0 Å². The average molecular weight is 408 g/mol. The zero-order valence-corrected chi connectivity index (χ0v) is 11.9. The van der Waals surface area contributed by atoms with E-state index in [1.54, 1.807) is 0 Å². The Kier molecular flexibility index (Phi) is 3.65. The highest BCUT2D eigenvalue weighted by Crippen LogP contribution is 2.26. The molecular weight excluding hydrogens is 398 g/mol. The van der Waals surface area contributed by atoms with Gasteiger partial charge in [-0.25, -0.2) is 0 Å². The summed E-state index contributed by atoms with van der Waals surface area (Å²) < 4.78 is 2.19. The number of hydrogen-bond donors (Lipinski definition) is 0. The van der Waals surface area contributed by atoms with E-state index in [1.165, 1.54) is 21.9 Å². The van der Waals surface area contributed by atoms with Gasteiger partial charge in [-0.3, -0.25) is 0 Å². The Labute approximate surface area is 111 Å². The molecule has 0 unspecified atom stereocenters. The van der Waals surface area contributed by atoms with Crippen molar-refractivity contribution in [2.75, 3.05) is 0 Å². The fourth-order valence-electron chi connectivity index (χ4n) is 1.66. The summed E-state index contributed by atoms with van der Waals surface area (Å²) in [4.78, 5) is 0. The number of alkyl halides is 2. The first-order chi connectivity index (χ1) is 6.86. The maximum atomic E-state index is 2.45. The molecule has 0 N–H and O–H groups in total. The highest BCUT2D eigenvalue weighted by atomic mass is 127. The van der Waals surface area contributed by atoms with E-state index in [9.17, 15) is 0 Å². The number of rotatable bonds is 2. The summed E-state index contributed by atoms with van der Waals surface area (Å²) in [5.74, 6) is 0. The summed E-state index contributed by atoms with van der Waals surface area (Å²) in [7, 11) is 0. The van der Waals surface area contributed by atoms with Gasteiger partial charge in [0.15, 0.2) is 0 Å². The van der Waals surface area contributed by atoms with Crippen molar-refractivity contribution in [2.45, 2.75) is 8.86 Å². The second-order valence-corrected chi connectivity index (χ2v) is 4.72. The van der Waals surface area contributed by atoms with Gasteiger partial charge in [0.25, 0.3) is 0 Å². The highest BCUT2D eigenvalue weighted by molar-refractivity contribution is 14.1. The Bertz CT molecular complexity index is 449. The second kappa shape index (κ2) is 4.79. The number of halogens is 2. The number of fused-ring (bicyclic) bond motifs is 1. The lowest BCUT2D eigenvalue weighted by atomic mass is 10.0. The molecule has 0 aliphatic rings. The van der Waals surface area contributed by atoms with E-state index in [-0.39, 0.29) is 0 Å². The van der Waals surface area contributed by atoms with Crippen molar-refractivity contribution in [3.05, 3.63) is 47.5 Å². The van der Waals surface area contributed by atoms with Crippen LogP contribution in [0.2, 0.25) is 0 Å². The molecule has 0 aliphatic carbocycles. The van der Waals surface area contributed by atoms with Gasteiger partial charge in [-0.2, -0.15) is 0 Å². The first-order valence-electron chi connectivity index (χ1n) is 4.48. The van der Waals surface area contributed by atoms with E-state index >= 15 is 0 Å². The number of benzene rings is 2. The molecule has 0 saturated carbocycles. The minimum atomic E-state index is 1.09. The van der Waals surface area contributed by atoms with Gasteiger partial charge in [0, 0.05) is 8.86 Å². The van der Waals surface area contributed by atoms with E-state index < -0.39 is 0 Å². The molecule has 0 aliphatic heterocycles. The molecule has 2 aromatic rings. The minimum absolute atomic E-state index is 1.09. The summed E-state index contributed by atoms with van der Waals surface area (Å²) >= 11 is 4.88. The van der Waals surface area contributed by atoms with Gasteiger partial charge in [-0.05, 0) is 21.9 Å². The van der Waals surface area contributed by atoms with Crippen LogP contribution in [0, 0.1) is 0 Å². The molecule has 0 aromatic heterocycles. The molecule has 0 heterocycles. The van der Waals surface area contributed by atoms with Crippen LogP contribution in [0.5, 0.6) is 0 Å². The largest absolute Gasteiger partial charge is 0.0812 e. The third-order valence-corrected chi connectivity index (χ3v) is 4.00. The fraction of sp³-hybridized carbons (Fsp3) is 0.167. The molecule has 0 bridgehead atoms. The molecule has 72 valence electrons. The monoisotopic (exact) mass is 408 g/mol. The van der Waals surface area contributed by atoms with Crippen LogP contribution in [0.15, 0.2) is 36.4 Å². The normalized spacial score (nSPS) is 10.7. The Morgan fingerprint density at radius 2 is 1.64 bits per heavy atom. The summed E-state index contributed by atoms with van der Waals surface area (Å²) in [6, 6.07) is 13.1. The summed E-state index contributed by atoms with van der Waals surface area (Å²) in [5, 5.41) is 2.77. The van der Waals surface area contributed by atoms with Crippen LogP contribution in [0.4, 0.5) is 0 Å². The van der Waals surface area contributed by atoms with Crippen molar-refractivity contribution < 1.29 is 0 Å². The maximum Gasteiger partial charge on any atom is 0.0256 e. The molecular formula is C12H10I2. The van der Waals surface area contributed by atoms with Crippen LogP contribution in [0.25, 0.3) is 10.8 Å². The third-order valence-electron chi connectivity index (χ3n) is 2.42. The van der Waals surface area contributed by atoms with Gasteiger partial charge >= 0.3 is 0 Å². The number of hydrogen-bond acceptors (Lipinski definition) is 0. The Hall–Kier alpha value is 0.160. The van der Waals surface area contributed by atoms with Crippen LogP contribution in [-0.2, 0) is 8.86 Å². The average Bonchev–Trinajstić information content (AvgIpc) is 2.27. The molecule has 0 spiro atoms. The summed E-state index contributed by atoms with van der Waals surface area (Å²) in [5.41, 5.74) is 2.97. The summed E-state index contributed by atoms with van der Waals surface area (Å²) in [6.45, 7) is 0. The van der Waals surface area contributed by atoms with Gasteiger partial charge in [0.05, 0.1) is 0 Å². The minimum Gasteiger partial charge on any atom is -0.0812 e. The first kappa shape index (κ1) is 10.7. The molecule has 0 fully saturated rings. The maximum absolute atomic E-state index is 2.45. The topological polar surface area (TPSA) is 0 Å². The second-order valence-electron chi connectivity index (χ2n) is 3.19. The molecule has 2 heteroatoms. The molecule has 0 nitrogen and oxygen atoms in total. The molecule has 0 amide bonds. The third kappa shape index (κ3) is 1.91. The first-order valence-corrected chi connectivity index (χ1v) is 7.53. The van der Waals surface area contributed by atoms with Crippen molar-refractivity contribution in [1.29, 1.82) is 0 Å². The zero-order valence-electron chi connectivity index (χ0n) is 7.63. The SMILES string of the molecule is ICc1ccc2ccccc2c1CI. The van der Waals surface area contributed by atoms with Crippen molar-refractivity contribution in [2.24, 2.45) is 0 Å². The molecule has 2 rings (SSSR count). The van der Waals surface area contributed by atoms with Gasteiger partial charge in [0.2, 0.25) is 0 Å². The standard InChI is InChI=1S/C12H10I2/c13-7-10-6-5-9-3-1-2-4-11(9)12(10)8-14/h1-6H,7-8H2. The van der Waals surface area contributed by atoms with E-state index in [0.717, 1.165) is 8.86 Å². The van der Waals surface area contributed by atoms with Crippen molar-refractivity contribution in [1.82, 2.24) is 0 Å².